The first-order chi connectivity index (χ1) is 7.36. The van der Waals surface area contributed by atoms with Crippen LogP contribution in [0, 0.1) is 13.8 Å². The third-order valence-electron chi connectivity index (χ3n) is 2.79. The van der Waals surface area contributed by atoms with E-state index in [1.165, 1.54) is 4.88 Å². The zero-order valence-electron chi connectivity index (χ0n) is 10.3. The van der Waals surface area contributed by atoms with E-state index in [9.17, 15) is 4.79 Å². The Hall–Kier alpha value is -1.16. The summed E-state index contributed by atoms with van der Waals surface area (Å²) in [6, 6.07) is 0. The molecule has 0 unspecified atom stereocenters. The molecule has 3 nitrogen and oxygen atoms in total. The van der Waals surface area contributed by atoms with Gasteiger partial charge in [-0.3, -0.25) is 9.20 Å². The van der Waals surface area contributed by atoms with Gasteiger partial charge in [0.25, 0.3) is 0 Å². The molecule has 16 heavy (non-hydrogen) atoms. The number of thiazole rings is 1. The van der Waals surface area contributed by atoms with Crippen molar-refractivity contribution in [3.8, 4) is 0 Å². The van der Waals surface area contributed by atoms with E-state index >= 15 is 0 Å². The maximum Gasteiger partial charge on any atom is 0.194 e. The van der Waals surface area contributed by atoms with Crippen LogP contribution in [0.3, 0.4) is 0 Å². The Morgan fingerprint density at radius 3 is 2.44 bits per heavy atom. The van der Waals surface area contributed by atoms with Crippen molar-refractivity contribution in [2.45, 2.75) is 40.0 Å². The summed E-state index contributed by atoms with van der Waals surface area (Å²) in [5.41, 5.74) is 2.61. The van der Waals surface area contributed by atoms with E-state index < -0.39 is 0 Å². The fourth-order valence-corrected chi connectivity index (χ4v) is 2.81. The van der Waals surface area contributed by atoms with Gasteiger partial charge in [0.15, 0.2) is 11.2 Å². The highest BCUT2D eigenvalue weighted by molar-refractivity contribution is 7.17. The van der Waals surface area contributed by atoms with E-state index in [-0.39, 0.29) is 5.41 Å². The summed E-state index contributed by atoms with van der Waals surface area (Å²) in [4.78, 5) is 18.0. The van der Waals surface area contributed by atoms with Crippen molar-refractivity contribution < 1.29 is 4.79 Å². The fourth-order valence-electron chi connectivity index (χ4n) is 1.83. The van der Waals surface area contributed by atoms with E-state index in [0.717, 1.165) is 22.6 Å². The third-order valence-corrected chi connectivity index (χ3v) is 3.85. The van der Waals surface area contributed by atoms with Gasteiger partial charge < -0.3 is 0 Å². The van der Waals surface area contributed by atoms with Crippen molar-refractivity contribution in [3.05, 3.63) is 22.0 Å². The number of aromatic nitrogens is 2. The van der Waals surface area contributed by atoms with Crippen molar-refractivity contribution in [3.63, 3.8) is 0 Å². The topological polar surface area (TPSA) is 34.4 Å². The van der Waals surface area contributed by atoms with Crippen molar-refractivity contribution >= 4 is 22.6 Å². The lowest BCUT2D eigenvalue weighted by atomic mass is 9.91. The molecule has 2 rings (SSSR count). The molecule has 0 atom stereocenters. The average molecular weight is 236 g/mol. The van der Waals surface area contributed by atoms with E-state index in [2.05, 4.69) is 32.7 Å². The molecule has 0 radical (unpaired) electrons. The molecule has 2 aromatic rings. The van der Waals surface area contributed by atoms with E-state index in [0.29, 0.717) is 5.69 Å². The summed E-state index contributed by atoms with van der Waals surface area (Å²) >= 11 is 1.64. The maximum absolute atomic E-state index is 11.3. The molecule has 0 saturated carbocycles. The highest BCUT2D eigenvalue weighted by atomic mass is 32.1. The van der Waals surface area contributed by atoms with Crippen molar-refractivity contribution in [1.82, 2.24) is 9.38 Å². The second kappa shape index (κ2) is 3.42. The van der Waals surface area contributed by atoms with Gasteiger partial charge in [0.2, 0.25) is 0 Å². The van der Waals surface area contributed by atoms with Gasteiger partial charge in [-0.05, 0) is 13.8 Å². The van der Waals surface area contributed by atoms with Crippen LogP contribution in [0.2, 0.25) is 0 Å². The van der Waals surface area contributed by atoms with Crippen molar-refractivity contribution in [1.29, 1.82) is 0 Å². The van der Waals surface area contributed by atoms with Crippen LogP contribution in [-0.4, -0.2) is 15.7 Å². The Kier molecular flexibility index (Phi) is 2.42. The smallest absolute Gasteiger partial charge is 0.194 e. The SMILES string of the molecule is Cc1sc2nc(C(C)(C)C)c(C=O)n2c1C. The first-order valence-corrected chi connectivity index (χ1v) is 6.12. The van der Waals surface area contributed by atoms with Gasteiger partial charge in [-0.1, -0.05) is 20.8 Å². The predicted octanol–water partition coefficient (Wildman–Crippen LogP) is 3.12. The van der Waals surface area contributed by atoms with Gasteiger partial charge in [0.1, 0.15) is 5.69 Å². The molecule has 0 bridgehead atoms. The highest BCUT2D eigenvalue weighted by Crippen LogP contribution is 2.30. The lowest BCUT2D eigenvalue weighted by molar-refractivity contribution is 0.111. The Balaban J connectivity index is 2.85. The lowest BCUT2D eigenvalue weighted by Gasteiger charge is -2.15. The fraction of sp³-hybridized carbons (Fsp3) is 0.500. The molecule has 2 aromatic heterocycles. The molecule has 2 heterocycles. The molecule has 0 aliphatic rings. The number of hydrogen-bond acceptors (Lipinski definition) is 3. The summed E-state index contributed by atoms with van der Waals surface area (Å²) in [5, 5.41) is 0. The van der Waals surface area contributed by atoms with Gasteiger partial charge >= 0.3 is 0 Å². The van der Waals surface area contributed by atoms with Gasteiger partial charge in [0.05, 0.1) is 5.69 Å². The van der Waals surface area contributed by atoms with E-state index in [1.807, 2.05) is 11.3 Å². The number of nitrogens with zero attached hydrogens (tertiary/aromatic N) is 2. The summed E-state index contributed by atoms with van der Waals surface area (Å²) in [5.74, 6) is 0. The molecule has 0 aliphatic heterocycles. The molecular formula is C12H16N2OS. The molecule has 0 fully saturated rings. The number of carbonyl (C=O) groups is 1. The third kappa shape index (κ3) is 1.48. The summed E-state index contributed by atoms with van der Waals surface area (Å²) in [6.45, 7) is 10.3. The molecular weight excluding hydrogens is 220 g/mol. The molecule has 0 spiro atoms. The van der Waals surface area contributed by atoms with E-state index in [4.69, 9.17) is 0 Å². The summed E-state index contributed by atoms with van der Waals surface area (Å²) in [7, 11) is 0. The van der Waals surface area contributed by atoms with Crippen LogP contribution >= 0.6 is 11.3 Å². The Morgan fingerprint density at radius 1 is 1.31 bits per heavy atom. The minimum absolute atomic E-state index is 0.0949. The zero-order chi connectivity index (χ0) is 12.1. The number of aldehydes is 1. The minimum atomic E-state index is -0.0949. The molecule has 0 N–H and O–H groups in total. The van der Waals surface area contributed by atoms with Crippen LogP contribution in [-0.2, 0) is 5.41 Å². The monoisotopic (exact) mass is 236 g/mol. The van der Waals surface area contributed by atoms with Crippen LogP contribution in [0.5, 0.6) is 0 Å². The normalized spacial score (nSPS) is 12.3. The first kappa shape index (κ1) is 11.3. The standard InChI is InChI=1S/C12H16N2OS/c1-7-8(2)16-11-13-10(12(3,4)5)9(6-15)14(7)11/h6H,1-5H3. The molecule has 86 valence electrons. The quantitative estimate of drug-likeness (QED) is 0.713. The number of hydrogen-bond donors (Lipinski definition) is 0. The van der Waals surface area contributed by atoms with E-state index in [1.54, 1.807) is 11.3 Å². The molecule has 0 aliphatic carbocycles. The number of fused-ring (bicyclic) bond motifs is 1. The van der Waals surface area contributed by atoms with Crippen molar-refractivity contribution in [2.75, 3.05) is 0 Å². The second-order valence-electron chi connectivity index (χ2n) is 5.08. The average Bonchev–Trinajstić information content (AvgIpc) is 2.65. The van der Waals surface area contributed by atoms with Crippen molar-refractivity contribution in [2.24, 2.45) is 0 Å². The number of rotatable bonds is 1. The highest BCUT2D eigenvalue weighted by Gasteiger charge is 2.25. The Morgan fingerprint density at radius 2 is 1.94 bits per heavy atom. The molecule has 0 amide bonds. The Labute approximate surface area is 99.1 Å². The van der Waals surface area contributed by atoms with Crippen LogP contribution < -0.4 is 0 Å². The predicted molar refractivity (Wildman–Crippen MR) is 66.6 cm³/mol. The maximum atomic E-state index is 11.3. The van der Waals surface area contributed by atoms with Gasteiger partial charge in [0, 0.05) is 16.0 Å². The molecule has 0 aromatic carbocycles. The Bertz CT molecular complexity index is 558. The van der Waals surface area contributed by atoms with Crippen LogP contribution in [0.15, 0.2) is 0 Å². The second-order valence-corrected chi connectivity index (χ2v) is 6.26. The van der Waals surface area contributed by atoms with Gasteiger partial charge in [-0.25, -0.2) is 4.98 Å². The number of aryl methyl sites for hydroxylation is 2. The minimum Gasteiger partial charge on any atom is -0.296 e. The number of carbonyl (C=O) groups excluding carboxylic acids is 1. The molecule has 0 saturated heterocycles. The summed E-state index contributed by atoms with van der Waals surface area (Å²) < 4.78 is 1.97. The van der Waals surface area contributed by atoms with Gasteiger partial charge in [-0.15, -0.1) is 11.3 Å². The molecule has 4 heteroatoms. The summed E-state index contributed by atoms with van der Waals surface area (Å²) in [6.07, 6.45) is 0.916. The zero-order valence-corrected chi connectivity index (χ0v) is 11.1. The number of imidazole rings is 1. The van der Waals surface area contributed by atoms with Crippen LogP contribution in [0.4, 0.5) is 0 Å². The van der Waals surface area contributed by atoms with Gasteiger partial charge in [-0.2, -0.15) is 0 Å². The van der Waals surface area contributed by atoms with Crippen LogP contribution in [0.25, 0.3) is 4.96 Å². The van der Waals surface area contributed by atoms with Crippen LogP contribution in [0.1, 0.15) is 47.5 Å². The largest absolute Gasteiger partial charge is 0.296 e. The lowest BCUT2D eigenvalue weighted by Crippen LogP contribution is -2.15. The first-order valence-electron chi connectivity index (χ1n) is 5.30.